The van der Waals surface area contributed by atoms with Crippen molar-refractivity contribution in [1.29, 1.82) is 0 Å². The molecule has 0 atom stereocenters. The third-order valence-corrected chi connectivity index (χ3v) is 9.01. The van der Waals surface area contributed by atoms with E-state index in [1.54, 1.807) is 0 Å². The van der Waals surface area contributed by atoms with Crippen molar-refractivity contribution in [3.8, 4) is 0 Å². The minimum absolute atomic E-state index is 1.20. The van der Waals surface area contributed by atoms with Gasteiger partial charge in [-0.25, -0.2) is 9.13 Å². The second-order valence-electron chi connectivity index (χ2n) is 12.8. The Kier molecular flexibility index (Phi) is 26.7. The highest BCUT2D eigenvalue weighted by Crippen LogP contribution is 2.15. The lowest BCUT2D eigenvalue weighted by atomic mass is 10.0. The van der Waals surface area contributed by atoms with Crippen molar-refractivity contribution in [2.75, 3.05) is 0 Å². The summed E-state index contributed by atoms with van der Waals surface area (Å²) in [4.78, 5) is 0. The molecule has 1 aromatic rings. The number of imidazole rings is 1. The fourth-order valence-corrected chi connectivity index (χ4v) is 6.14. The van der Waals surface area contributed by atoms with Gasteiger partial charge in [0.05, 0.1) is 13.1 Å². The maximum absolute atomic E-state index is 2.49. The molecule has 0 fully saturated rings. The van der Waals surface area contributed by atoms with Crippen molar-refractivity contribution in [2.24, 2.45) is 0 Å². The molecule has 0 saturated carbocycles. The smallest absolute Gasteiger partial charge is 0.234 e. The molecule has 1 aromatic heterocycles. The molecule has 39 heavy (non-hydrogen) atoms. The van der Waals surface area contributed by atoms with Gasteiger partial charge in [-0.05, 0) is 25.7 Å². The van der Waals surface area contributed by atoms with Crippen LogP contribution in [0.3, 0.4) is 0 Å². The highest BCUT2D eigenvalue weighted by Gasteiger charge is 2.11. The maximum atomic E-state index is 2.49. The first-order valence-corrected chi connectivity index (χ1v) is 18.3. The van der Waals surface area contributed by atoms with Crippen LogP contribution in [0.1, 0.15) is 206 Å². The Bertz CT molecular complexity index is 605. The lowest BCUT2D eigenvalue weighted by Crippen LogP contribution is -2.35. The zero-order chi connectivity index (χ0) is 28.1. The van der Waals surface area contributed by atoms with Crippen LogP contribution in [-0.4, -0.2) is 4.57 Å². The first-order valence-electron chi connectivity index (χ1n) is 18.3. The molecule has 2 heteroatoms. The zero-order valence-electron chi connectivity index (χ0n) is 27.5. The zero-order valence-corrected chi connectivity index (χ0v) is 27.5. The van der Waals surface area contributed by atoms with Gasteiger partial charge >= 0.3 is 0 Å². The Morgan fingerprint density at radius 3 is 1.10 bits per heavy atom. The third-order valence-electron chi connectivity index (χ3n) is 9.01. The molecule has 1 heterocycles. The van der Waals surface area contributed by atoms with E-state index in [-0.39, 0.29) is 0 Å². The summed E-state index contributed by atoms with van der Waals surface area (Å²) in [6.45, 7) is 9.33. The molecule has 0 saturated heterocycles. The molecule has 0 unspecified atom stereocenters. The number of aryl methyl sites for hydroxylation is 2. The Balaban J connectivity index is 1.87. The maximum Gasteiger partial charge on any atom is 0.253 e. The van der Waals surface area contributed by atoms with Crippen LogP contribution in [0.5, 0.6) is 0 Å². The van der Waals surface area contributed by atoms with Crippen LogP contribution in [0.2, 0.25) is 0 Å². The molecule has 0 N–H and O–H groups in total. The number of rotatable bonds is 31. The van der Waals surface area contributed by atoms with Crippen LogP contribution < -0.4 is 4.57 Å². The SMILES string of the molecule is CCCCCCCCCCCCCCCCCC[n+]1ccn(CCCCCCCCCCCCCCC)c1C. The second kappa shape index (κ2) is 28.7. The summed E-state index contributed by atoms with van der Waals surface area (Å²) in [5.74, 6) is 1.45. The molecule has 0 spiro atoms. The Morgan fingerprint density at radius 2 is 0.744 bits per heavy atom. The minimum Gasteiger partial charge on any atom is -0.234 e. The fraction of sp³-hybridized carbons (Fsp3) is 0.919. The largest absolute Gasteiger partial charge is 0.253 e. The van der Waals surface area contributed by atoms with Crippen LogP contribution in [0.25, 0.3) is 0 Å². The van der Waals surface area contributed by atoms with Crippen molar-refractivity contribution in [3.05, 3.63) is 18.2 Å². The molecule has 0 amide bonds. The summed E-state index contributed by atoms with van der Waals surface area (Å²) in [5, 5.41) is 0. The van der Waals surface area contributed by atoms with Gasteiger partial charge in [0.15, 0.2) is 0 Å². The highest BCUT2D eigenvalue weighted by molar-refractivity contribution is 4.79. The van der Waals surface area contributed by atoms with Crippen LogP contribution in [0.15, 0.2) is 12.4 Å². The van der Waals surface area contributed by atoms with Gasteiger partial charge in [0.1, 0.15) is 12.4 Å². The topological polar surface area (TPSA) is 8.81 Å². The van der Waals surface area contributed by atoms with Crippen molar-refractivity contribution in [3.63, 3.8) is 0 Å². The second-order valence-corrected chi connectivity index (χ2v) is 12.8. The van der Waals surface area contributed by atoms with Crippen LogP contribution in [0, 0.1) is 6.92 Å². The number of nitrogens with zero attached hydrogens (tertiary/aromatic N) is 2. The predicted octanol–water partition coefficient (Wildman–Crippen LogP) is 12.4. The van der Waals surface area contributed by atoms with Gasteiger partial charge < -0.3 is 0 Å². The van der Waals surface area contributed by atoms with Gasteiger partial charge in [-0.1, -0.05) is 174 Å². The summed E-state index contributed by atoms with van der Waals surface area (Å²) in [7, 11) is 0. The monoisotopic (exact) mass is 546 g/mol. The van der Waals surface area contributed by atoms with E-state index < -0.39 is 0 Å². The van der Waals surface area contributed by atoms with Gasteiger partial charge in [0.25, 0.3) is 5.82 Å². The van der Waals surface area contributed by atoms with Crippen LogP contribution in [-0.2, 0) is 13.1 Å². The van der Waals surface area contributed by atoms with Gasteiger partial charge in [-0.15, -0.1) is 0 Å². The Hall–Kier alpha value is -0.790. The standard InChI is InChI=1S/C37H73N2/c1-4-6-8-10-12-14-16-18-19-20-22-24-26-28-30-32-34-39-36-35-38(37(39)3)33-31-29-27-25-23-21-17-15-13-11-9-7-5-2/h35-36H,4-34H2,1-3H3/q+1. The third kappa shape index (κ3) is 22.6. The average molecular weight is 546 g/mol. The average Bonchev–Trinajstić information content (AvgIpc) is 3.29. The molecule has 0 aliphatic heterocycles. The summed E-state index contributed by atoms with van der Waals surface area (Å²) in [5.41, 5.74) is 0. The van der Waals surface area contributed by atoms with E-state index in [1.807, 2.05) is 0 Å². The van der Waals surface area contributed by atoms with E-state index in [1.165, 1.54) is 205 Å². The molecular formula is C37H73N2+. The van der Waals surface area contributed by atoms with Crippen LogP contribution in [0.4, 0.5) is 0 Å². The molecular weight excluding hydrogens is 472 g/mol. The summed E-state index contributed by atoms with van der Waals surface area (Å²) < 4.78 is 4.98. The van der Waals surface area contributed by atoms with Crippen molar-refractivity contribution < 1.29 is 4.57 Å². The Morgan fingerprint density at radius 1 is 0.436 bits per heavy atom. The molecule has 0 bridgehead atoms. The molecule has 1 rings (SSSR count). The van der Waals surface area contributed by atoms with Crippen molar-refractivity contribution in [1.82, 2.24) is 4.57 Å². The van der Waals surface area contributed by atoms with E-state index in [2.05, 4.69) is 42.3 Å². The van der Waals surface area contributed by atoms with E-state index >= 15 is 0 Å². The Labute approximate surface area is 247 Å². The summed E-state index contributed by atoms with van der Waals surface area (Å²) in [6.07, 6.45) is 46.4. The van der Waals surface area contributed by atoms with Gasteiger partial charge in [0, 0.05) is 6.92 Å². The molecule has 0 radical (unpaired) electrons. The molecule has 0 aromatic carbocycles. The summed E-state index contributed by atoms with van der Waals surface area (Å²) in [6, 6.07) is 0. The summed E-state index contributed by atoms with van der Waals surface area (Å²) >= 11 is 0. The van der Waals surface area contributed by atoms with Gasteiger partial charge in [-0.3, -0.25) is 0 Å². The first-order chi connectivity index (χ1) is 19.3. The van der Waals surface area contributed by atoms with Crippen molar-refractivity contribution in [2.45, 2.75) is 220 Å². The number of hydrogen-bond donors (Lipinski definition) is 0. The van der Waals surface area contributed by atoms with Crippen LogP contribution >= 0.6 is 0 Å². The van der Waals surface area contributed by atoms with Crippen molar-refractivity contribution >= 4 is 0 Å². The molecule has 2 nitrogen and oxygen atoms in total. The van der Waals surface area contributed by atoms with Gasteiger partial charge in [0.2, 0.25) is 0 Å². The van der Waals surface area contributed by atoms with E-state index in [4.69, 9.17) is 0 Å². The van der Waals surface area contributed by atoms with Gasteiger partial charge in [-0.2, -0.15) is 0 Å². The predicted molar refractivity (Wildman–Crippen MR) is 175 cm³/mol. The lowest BCUT2D eigenvalue weighted by molar-refractivity contribution is -0.702. The lowest BCUT2D eigenvalue weighted by Gasteiger charge is -2.04. The van der Waals surface area contributed by atoms with E-state index in [9.17, 15) is 0 Å². The molecule has 0 aliphatic rings. The molecule has 230 valence electrons. The molecule has 0 aliphatic carbocycles. The quantitative estimate of drug-likeness (QED) is 0.0648. The number of hydrogen-bond acceptors (Lipinski definition) is 0. The van der Waals surface area contributed by atoms with E-state index in [0.717, 1.165) is 0 Å². The van der Waals surface area contributed by atoms with E-state index in [0.29, 0.717) is 0 Å². The number of unbranched alkanes of at least 4 members (excludes halogenated alkanes) is 27. The highest BCUT2D eigenvalue weighted by atomic mass is 15.1. The fourth-order valence-electron chi connectivity index (χ4n) is 6.14. The number of aromatic nitrogens is 2. The first kappa shape index (κ1) is 36.2. The normalized spacial score (nSPS) is 11.6. The minimum atomic E-state index is 1.20.